The molecule has 1 saturated heterocycles. The maximum Gasteiger partial charge on any atom is 0.125 e. The number of nitrogens with one attached hydrogen (secondary N) is 2. The lowest BCUT2D eigenvalue weighted by Crippen LogP contribution is -2.36. The van der Waals surface area contributed by atoms with Crippen LogP contribution in [-0.2, 0) is 0 Å². The van der Waals surface area contributed by atoms with Crippen molar-refractivity contribution in [3.63, 3.8) is 0 Å². The van der Waals surface area contributed by atoms with Crippen molar-refractivity contribution in [1.29, 1.82) is 0 Å². The van der Waals surface area contributed by atoms with Gasteiger partial charge in [-0.3, -0.25) is 0 Å². The Hall–Kier alpha value is 0.710. The zero-order valence-corrected chi connectivity index (χ0v) is 5.92. The van der Waals surface area contributed by atoms with Gasteiger partial charge in [0.2, 0.25) is 0 Å². The molecule has 0 aliphatic carbocycles. The van der Waals surface area contributed by atoms with E-state index in [2.05, 4.69) is 26.8 Å². The van der Waals surface area contributed by atoms with Gasteiger partial charge in [-0.25, -0.2) is 10.9 Å². The Morgan fingerprint density at radius 3 is 2.43 bits per heavy atom. The molecule has 3 nitrogen and oxygen atoms in total. The predicted molar refractivity (Wildman–Crippen MR) is 34.6 cm³/mol. The van der Waals surface area contributed by atoms with E-state index in [-0.39, 0.29) is 9.78 Å². The molecule has 5 heteroatoms. The van der Waals surface area contributed by atoms with Gasteiger partial charge in [0.05, 0.1) is 0 Å². The zero-order valence-electron chi connectivity index (χ0n) is 3.52. The fourth-order valence-corrected chi connectivity index (χ4v) is 1.70. The van der Waals surface area contributed by atoms with Crippen molar-refractivity contribution in [2.24, 2.45) is 5.73 Å². The summed E-state index contributed by atoms with van der Waals surface area (Å²) in [6.45, 7) is 0. The molecule has 1 rings (SSSR count). The van der Waals surface area contributed by atoms with E-state index >= 15 is 0 Å². The van der Waals surface area contributed by atoms with Crippen LogP contribution in [0.15, 0.2) is 0 Å². The molecule has 0 spiro atoms. The molecule has 0 saturated carbocycles. The van der Waals surface area contributed by atoms with Gasteiger partial charge >= 0.3 is 0 Å². The van der Waals surface area contributed by atoms with Crippen molar-refractivity contribution < 1.29 is 0 Å². The maximum absolute atomic E-state index is 5.38. The number of halogens is 1. The summed E-state index contributed by atoms with van der Waals surface area (Å²) < 4.78 is 0.266. The first-order valence-electron chi connectivity index (χ1n) is 1.85. The molecule has 1 fully saturated rings. The third kappa shape index (κ3) is 1.58. The monoisotopic (exact) mass is 183 g/mol. The van der Waals surface area contributed by atoms with E-state index < -0.39 is 0 Å². The van der Waals surface area contributed by atoms with E-state index in [1.54, 1.807) is 11.8 Å². The quantitative estimate of drug-likeness (QED) is 0.359. The van der Waals surface area contributed by atoms with E-state index in [0.29, 0.717) is 0 Å². The molecule has 1 heterocycles. The SMILES string of the molecule is NC1NNC(Br)S1. The maximum atomic E-state index is 5.38. The molecule has 0 aromatic carbocycles. The third-order valence-electron chi connectivity index (χ3n) is 0.605. The van der Waals surface area contributed by atoms with Crippen LogP contribution in [0.25, 0.3) is 0 Å². The molecule has 0 amide bonds. The van der Waals surface area contributed by atoms with Gasteiger partial charge in [-0.1, -0.05) is 27.7 Å². The summed E-state index contributed by atoms with van der Waals surface area (Å²) in [6.07, 6.45) is 0. The Balaban J connectivity index is 2.26. The van der Waals surface area contributed by atoms with E-state index in [1.165, 1.54) is 0 Å². The molecule has 7 heavy (non-hydrogen) atoms. The van der Waals surface area contributed by atoms with Crippen LogP contribution >= 0.6 is 27.7 Å². The normalized spacial score (nSPS) is 42.0. The summed E-state index contributed by atoms with van der Waals surface area (Å²) in [4.78, 5) is 0. The van der Waals surface area contributed by atoms with E-state index in [9.17, 15) is 0 Å². The molecular formula is C2H6BrN3S. The highest BCUT2D eigenvalue weighted by atomic mass is 79.9. The van der Waals surface area contributed by atoms with Gasteiger partial charge in [-0.2, -0.15) is 0 Å². The number of hydrogen-bond donors (Lipinski definition) is 3. The minimum Gasteiger partial charge on any atom is -0.306 e. The highest BCUT2D eigenvalue weighted by Crippen LogP contribution is 2.19. The molecule has 1 aliphatic rings. The Morgan fingerprint density at radius 1 is 1.57 bits per heavy atom. The first-order valence-corrected chi connectivity index (χ1v) is 3.71. The average molecular weight is 184 g/mol. The molecule has 0 aromatic rings. The molecule has 0 bridgehead atoms. The van der Waals surface area contributed by atoms with Gasteiger partial charge in [0.25, 0.3) is 0 Å². The summed E-state index contributed by atoms with van der Waals surface area (Å²) in [6, 6.07) is 0. The van der Waals surface area contributed by atoms with Crippen LogP contribution in [0.4, 0.5) is 0 Å². The molecule has 2 atom stereocenters. The van der Waals surface area contributed by atoms with Crippen LogP contribution in [-0.4, -0.2) is 9.78 Å². The van der Waals surface area contributed by atoms with Crippen LogP contribution in [0.2, 0.25) is 0 Å². The molecule has 42 valence electrons. The molecule has 0 radical (unpaired) electrons. The van der Waals surface area contributed by atoms with Crippen LogP contribution in [0, 0.1) is 0 Å². The summed E-state index contributed by atoms with van der Waals surface area (Å²) in [5, 5.41) is 0. The number of nitrogens with two attached hydrogens (primary N) is 1. The molecule has 4 N–H and O–H groups in total. The van der Waals surface area contributed by atoms with Gasteiger partial charge in [0.1, 0.15) is 9.78 Å². The van der Waals surface area contributed by atoms with Crippen LogP contribution < -0.4 is 16.6 Å². The van der Waals surface area contributed by atoms with E-state index in [4.69, 9.17) is 5.73 Å². The van der Waals surface area contributed by atoms with Gasteiger partial charge in [0.15, 0.2) is 0 Å². The second-order valence-electron chi connectivity index (χ2n) is 1.16. The van der Waals surface area contributed by atoms with Crippen LogP contribution in [0.3, 0.4) is 0 Å². The molecule has 0 aromatic heterocycles. The van der Waals surface area contributed by atoms with Crippen molar-refractivity contribution in [3.05, 3.63) is 0 Å². The van der Waals surface area contributed by atoms with E-state index in [1.807, 2.05) is 0 Å². The lowest BCUT2D eigenvalue weighted by atomic mass is 11.2. The van der Waals surface area contributed by atoms with Crippen molar-refractivity contribution in [1.82, 2.24) is 10.9 Å². The number of thioether (sulfide) groups is 1. The Labute approximate surface area is 54.5 Å². The minimum atomic E-state index is 0.0318. The summed E-state index contributed by atoms with van der Waals surface area (Å²) in [5.41, 5.74) is 11.1. The lowest BCUT2D eigenvalue weighted by Gasteiger charge is -1.94. The fourth-order valence-electron chi connectivity index (χ4n) is 0.344. The molecule has 2 unspecified atom stereocenters. The minimum absolute atomic E-state index is 0.0318. The Morgan fingerprint density at radius 2 is 2.29 bits per heavy atom. The standard InChI is InChI=1S/C2H6BrN3S/c3-1-5-6-2(4)7-1/h1-2,5-6H,4H2. The fraction of sp³-hybridized carbons (Fsp3) is 1.00. The van der Waals surface area contributed by atoms with Gasteiger partial charge in [-0.15, -0.1) is 0 Å². The number of hydrazine groups is 1. The topological polar surface area (TPSA) is 50.1 Å². The first-order chi connectivity index (χ1) is 3.29. The number of rotatable bonds is 0. The molecule has 1 aliphatic heterocycles. The van der Waals surface area contributed by atoms with Crippen molar-refractivity contribution in [2.45, 2.75) is 9.78 Å². The molecular weight excluding hydrogens is 178 g/mol. The summed E-state index contributed by atoms with van der Waals surface area (Å²) >= 11 is 4.88. The van der Waals surface area contributed by atoms with Gasteiger partial charge < -0.3 is 5.73 Å². The summed E-state index contributed by atoms with van der Waals surface area (Å²) in [5.74, 6) is 0. The van der Waals surface area contributed by atoms with E-state index in [0.717, 1.165) is 0 Å². The predicted octanol–water partition coefficient (Wildman–Crippen LogP) is -0.252. The lowest BCUT2D eigenvalue weighted by molar-refractivity contribution is 0.594. The second kappa shape index (κ2) is 2.32. The summed E-state index contributed by atoms with van der Waals surface area (Å²) in [7, 11) is 0. The highest BCUT2D eigenvalue weighted by Gasteiger charge is 2.16. The van der Waals surface area contributed by atoms with Gasteiger partial charge in [0, 0.05) is 0 Å². The third-order valence-corrected chi connectivity index (χ3v) is 2.25. The van der Waals surface area contributed by atoms with Crippen molar-refractivity contribution >= 4 is 27.7 Å². The Kier molecular flexibility index (Phi) is 1.94. The first kappa shape index (κ1) is 5.84. The highest BCUT2D eigenvalue weighted by molar-refractivity contribution is 9.11. The zero-order chi connectivity index (χ0) is 5.28. The number of hydrogen-bond acceptors (Lipinski definition) is 4. The largest absolute Gasteiger partial charge is 0.306 e. The van der Waals surface area contributed by atoms with Crippen LogP contribution in [0.5, 0.6) is 0 Å². The van der Waals surface area contributed by atoms with Crippen LogP contribution in [0.1, 0.15) is 0 Å². The van der Waals surface area contributed by atoms with Crippen molar-refractivity contribution in [2.75, 3.05) is 0 Å². The average Bonchev–Trinajstić information content (AvgIpc) is 1.87. The second-order valence-corrected chi connectivity index (χ2v) is 3.93. The smallest absolute Gasteiger partial charge is 0.125 e. The van der Waals surface area contributed by atoms with Crippen molar-refractivity contribution in [3.8, 4) is 0 Å². The Bertz CT molecular complexity index is 62.0. The van der Waals surface area contributed by atoms with Gasteiger partial charge in [-0.05, 0) is 0 Å². The number of alkyl halides is 1.